The lowest BCUT2D eigenvalue weighted by Crippen LogP contribution is -2.38. The standard InChI is InChI=1S/C53H56ClN5O12S/c1-5-39-49-37-13-9-7-11-35(37)41(70-32(2)60)28-38(49)50(55-39)51(64)43-14-15-44(72-43)52(65)59-31-33(30-54)48-36-12-8-6-10-34(36)42(29-40(48)59)71-53(66)57(4)20-19-56(3)45(61)18-22-67-24-26-69-27-25-68-23-21-58-46(62)16-17-47(58)63/h6-17,28-29,33,39,50,55H,5,18-27,30-31H2,1-4H3/t33-,39+,50?/m1/s1. The van der Waals surface area contributed by atoms with Crippen molar-refractivity contribution in [3.8, 4) is 11.5 Å². The minimum Gasteiger partial charge on any atom is -0.426 e. The van der Waals surface area contributed by atoms with Gasteiger partial charge in [-0.2, -0.15) is 0 Å². The zero-order valence-electron chi connectivity index (χ0n) is 40.5. The van der Waals surface area contributed by atoms with E-state index in [-0.39, 0.29) is 112 Å². The number of Topliss-reactive ketones (excluding diaryl/α,β-unsaturated/α-hetero) is 1. The molecule has 8 rings (SSSR count). The van der Waals surface area contributed by atoms with Crippen LogP contribution in [0.5, 0.6) is 11.5 Å². The molecule has 0 spiro atoms. The topological polar surface area (TPSA) is 191 Å². The predicted molar refractivity (Wildman–Crippen MR) is 271 cm³/mol. The lowest BCUT2D eigenvalue weighted by atomic mass is 9.92. The molecule has 17 nitrogen and oxygen atoms in total. The van der Waals surface area contributed by atoms with Gasteiger partial charge in [-0.3, -0.25) is 39.0 Å². The van der Waals surface area contributed by atoms with Crippen molar-refractivity contribution in [2.45, 2.75) is 44.7 Å². The number of thiophene rings is 1. The van der Waals surface area contributed by atoms with E-state index >= 15 is 0 Å². The minimum absolute atomic E-state index is 0.126. The van der Waals surface area contributed by atoms with Gasteiger partial charge in [-0.15, -0.1) is 22.9 Å². The Labute approximate surface area is 425 Å². The number of amides is 5. The van der Waals surface area contributed by atoms with Gasteiger partial charge < -0.3 is 38.4 Å². The first-order valence-corrected chi connectivity index (χ1v) is 25.2. The lowest BCUT2D eigenvalue weighted by Gasteiger charge is -2.23. The molecule has 3 atom stereocenters. The number of nitrogens with zero attached hydrogens (tertiary/aromatic N) is 4. The Hall–Kier alpha value is -6.54. The second kappa shape index (κ2) is 23.3. The number of ketones is 1. The third kappa shape index (κ3) is 11.2. The van der Waals surface area contributed by atoms with Gasteiger partial charge in [0.2, 0.25) is 5.91 Å². The van der Waals surface area contributed by atoms with E-state index in [1.807, 2.05) is 55.5 Å². The van der Waals surface area contributed by atoms with Crippen LogP contribution in [0.1, 0.15) is 80.7 Å². The molecule has 0 saturated carbocycles. The molecule has 0 fully saturated rings. The molecule has 4 heterocycles. The Morgan fingerprint density at radius 2 is 1.32 bits per heavy atom. The number of anilines is 1. The fourth-order valence-electron chi connectivity index (χ4n) is 9.23. The Morgan fingerprint density at radius 1 is 0.736 bits per heavy atom. The zero-order valence-corrected chi connectivity index (χ0v) is 42.1. The maximum Gasteiger partial charge on any atom is 0.415 e. The van der Waals surface area contributed by atoms with Crippen molar-refractivity contribution in [3.05, 3.63) is 111 Å². The van der Waals surface area contributed by atoms with Gasteiger partial charge in [-0.1, -0.05) is 55.5 Å². The highest BCUT2D eigenvalue weighted by atomic mass is 35.5. The summed E-state index contributed by atoms with van der Waals surface area (Å²) >= 11 is 7.69. The van der Waals surface area contributed by atoms with Crippen LogP contribution in [0.25, 0.3) is 21.5 Å². The van der Waals surface area contributed by atoms with E-state index in [9.17, 15) is 33.6 Å². The van der Waals surface area contributed by atoms with E-state index < -0.39 is 18.1 Å². The number of likely N-dealkylation sites (N-methyl/N-ethyl adjacent to an activating group) is 2. The number of imide groups is 1. The average Bonchev–Trinajstić information content (AvgIpc) is 4.19. The first kappa shape index (κ1) is 51.8. The number of carbonyl (C=O) groups excluding carboxylic acids is 7. The molecular weight excluding hydrogens is 966 g/mol. The van der Waals surface area contributed by atoms with Gasteiger partial charge in [-0.05, 0) is 52.1 Å². The molecule has 0 bridgehead atoms. The van der Waals surface area contributed by atoms with E-state index in [0.29, 0.717) is 46.2 Å². The van der Waals surface area contributed by atoms with Crippen molar-refractivity contribution in [2.75, 3.05) is 90.7 Å². The molecule has 5 aromatic rings. The maximum absolute atomic E-state index is 14.5. The summed E-state index contributed by atoms with van der Waals surface area (Å²) in [6.07, 6.45) is 2.64. The summed E-state index contributed by atoms with van der Waals surface area (Å²) in [5.74, 6) is -1.26. The highest BCUT2D eigenvalue weighted by Gasteiger charge is 2.39. The monoisotopic (exact) mass is 1020 g/mol. The first-order chi connectivity index (χ1) is 34.8. The van der Waals surface area contributed by atoms with E-state index in [1.165, 1.54) is 28.9 Å². The minimum atomic E-state index is -0.738. The molecule has 0 radical (unpaired) electrons. The third-order valence-electron chi connectivity index (χ3n) is 12.9. The molecule has 1 N–H and O–H groups in total. The molecule has 378 valence electrons. The summed E-state index contributed by atoms with van der Waals surface area (Å²) in [6.45, 7) is 5.78. The van der Waals surface area contributed by atoms with Crippen LogP contribution in [0.15, 0.2) is 84.9 Å². The van der Waals surface area contributed by atoms with Crippen molar-refractivity contribution in [3.63, 3.8) is 0 Å². The van der Waals surface area contributed by atoms with Crippen LogP contribution in [0.2, 0.25) is 0 Å². The van der Waals surface area contributed by atoms with Crippen LogP contribution in [-0.4, -0.2) is 142 Å². The maximum atomic E-state index is 14.5. The fourth-order valence-corrected chi connectivity index (χ4v) is 10.4. The Balaban J connectivity index is 0.861. The van der Waals surface area contributed by atoms with Crippen LogP contribution in [0.4, 0.5) is 10.5 Å². The number of esters is 1. The molecule has 5 amide bonds. The number of hydrogen-bond donors (Lipinski definition) is 1. The summed E-state index contributed by atoms with van der Waals surface area (Å²) < 4.78 is 28.1. The average molecular weight is 1020 g/mol. The Morgan fingerprint density at radius 3 is 1.96 bits per heavy atom. The molecule has 3 aliphatic heterocycles. The number of rotatable bonds is 22. The molecule has 72 heavy (non-hydrogen) atoms. The summed E-state index contributed by atoms with van der Waals surface area (Å²) in [6, 6.07) is 21.1. The second-order valence-corrected chi connectivity index (χ2v) is 19.0. The molecule has 0 saturated heterocycles. The zero-order chi connectivity index (χ0) is 51.1. The number of hydrogen-bond acceptors (Lipinski definition) is 14. The van der Waals surface area contributed by atoms with Crippen molar-refractivity contribution in [1.29, 1.82) is 0 Å². The first-order valence-electron chi connectivity index (χ1n) is 23.8. The molecule has 3 aliphatic rings. The number of alkyl halides is 1. The van der Waals surface area contributed by atoms with Gasteiger partial charge in [0.05, 0.1) is 74.1 Å². The van der Waals surface area contributed by atoms with Gasteiger partial charge in [0.25, 0.3) is 17.7 Å². The summed E-state index contributed by atoms with van der Waals surface area (Å²) in [5, 5.41) is 6.64. The molecule has 4 aromatic carbocycles. The van der Waals surface area contributed by atoms with Gasteiger partial charge in [-0.25, -0.2) is 4.79 Å². The van der Waals surface area contributed by atoms with E-state index in [0.717, 1.165) is 49.1 Å². The highest BCUT2D eigenvalue weighted by molar-refractivity contribution is 7.16. The normalized spacial score (nSPS) is 16.9. The van der Waals surface area contributed by atoms with Gasteiger partial charge >= 0.3 is 12.1 Å². The van der Waals surface area contributed by atoms with Gasteiger partial charge in [0.1, 0.15) is 11.5 Å². The van der Waals surface area contributed by atoms with Crippen LogP contribution < -0.4 is 19.7 Å². The fraction of sp³-hybridized carbons (Fsp3) is 0.377. The second-order valence-electron chi connectivity index (χ2n) is 17.6. The molecular formula is C53H56ClN5O12S. The quantitative estimate of drug-likeness (QED) is 0.0183. The van der Waals surface area contributed by atoms with Crippen LogP contribution >= 0.6 is 22.9 Å². The van der Waals surface area contributed by atoms with Crippen LogP contribution in [0, 0.1) is 0 Å². The number of nitrogens with one attached hydrogen (secondary N) is 1. The predicted octanol–water partition coefficient (Wildman–Crippen LogP) is 7.19. The van der Waals surface area contributed by atoms with Crippen molar-refractivity contribution in [2.24, 2.45) is 0 Å². The summed E-state index contributed by atoms with van der Waals surface area (Å²) in [5.41, 5.74) is 3.11. The van der Waals surface area contributed by atoms with E-state index in [1.54, 1.807) is 43.3 Å². The van der Waals surface area contributed by atoms with Crippen LogP contribution in [0.3, 0.4) is 0 Å². The Bertz CT molecular complexity index is 2920. The smallest absolute Gasteiger partial charge is 0.415 e. The number of fused-ring (bicyclic) bond motifs is 6. The number of carbonyl (C=O) groups is 7. The Kier molecular flexibility index (Phi) is 16.8. The number of halogens is 1. The van der Waals surface area contributed by atoms with Crippen molar-refractivity contribution in [1.82, 2.24) is 20.0 Å². The molecule has 1 aromatic heterocycles. The van der Waals surface area contributed by atoms with Gasteiger partial charge in [0.15, 0.2) is 5.78 Å². The molecule has 1 unspecified atom stereocenters. The third-order valence-corrected chi connectivity index (χ3v) is 14.4. The van der Waals surface area contributed by atoms with E-state index in [2.05, 4.69) is 5.32 Å². The number of ether oxygens (including phenoxy) is 5. The summed E-state index contributed by atoms with van der Waals surface area (Å²) in [7, 11) is 3.22. The van der Waals surface area contributed by atoms with E-state index in [4.69, 9.17) is 35.3 Å². The number of benzene rings is 4. The lowest BCUT2D eigenvalue weighted by molar-refractivity contribution is -0.138. The summed E-state index contributed by atoms with van der Waals surface area (Å²) in [4.78, 5) is 97.1. The molecule has 0 aliphatic carbocycles. The van der Waals surface area contributed by atoms with Crippen LogP contribution in [-0.2, 0) is 33.4 Å². The van der Waals surface area contributed by atoms with Crippen molar-refractivity contribution < 1.29 is 57.2 Å². The largest absolute Gasteiger partial charge is 0.426 e. The highest BCUT2D eigenvalue weighted by Crippen LogP contribution is 2.48. The SMILES string of the molecule is CC[C@@H]1NC(C(=O)c2ccc(C(=O)N3C[C@@H](CCl)c4c3cc(OC(=O)N(C)CCN(C)C(=O)CCOCCOCCOCCN3C(=O)C=CC3=O)c3ccccc43)s2)c2cc(OC(C)=O)c3ccccc3c21. The molecule has 19 heteroatoms. The van der Waals surface area contributed by atoms with Crippen molar-refractivity contribution >= 4 is 91.6 Å². The van der Waals surface area contributed by atoms with Gasteiger partial charge in [0, 0.05) is 87.5 Å².